The van der Waals surface area contributed by atoms with E-state index in [2.05, 4.69) is 31.9 Å². The molecule has 0 aliphatic carbocycles. The Morgan fingerprint density at radius 3 is 0.750 bits per heavy atom. The van der Waals surface area contributed by atoms with Crippen molar-refractivity contribution in [2.45, 2.75) is 24.7 Å². The lowest BCUT2D eigenvalue weighted by atomic mass is 10.0. The van der Waals surface area contributed by atoms with Crippen molar-refractivity contribution in [1.82, 2.24) is 0 Å². The Labute approximate surface area is 354 Å². The zero-order valence-corrected chi connectivity index (χ0v) is 35.5. The molecule has 6 rings (SSSR count). The SMILES string of the molecule is COc1ccc(Br)c(P(c2ccc(C(F)(F)F)cc2)c2ccc(C(F)(F)F)cc2)c1-c1c(OC)ccc(Br)c1P(c1ccc(C(F)(F)F)cc1)c1ccc(C(F)(F)F)cc1. The normalized spacial score (nSPS) is 12.6. The molecule has 0 aliphatic heterocycles. The van der Waals surface area contributed by atoms with Crippen LogP contribution in [0.1, 0.15) is 22.3 Å². The Morgan fingerprint density at radius 1 is 0.350 bits per heavy atom. The smallest absolute Gasteiger partial charge is 0.416 e. The van der Waals surface area contributed by atoms with Crippen LogP contribution in [0, 0.1) is 0 Å². The summed E-state index contributed by atoms with van der Waals surface area (Å²) in [5.74, 6) is 0.291. The molecule has 0 radical (unpaired) electrons. The molecule has 60 heavy (non-hydrogen) atoms. The molecule has 2 nitrogen and oxygen atoms in total. The summed E-state index contributed by atoms with van der Waals surface area (Å²) in [5, 5.41) is 1.76. The predicted molar refractivity (Wildman–Crippen MR) is 218 cm³/mol. The van der Waals surface area contributed by atoms with Crippen molar-refractivity contribution in [1.29, 1.82) is 0 Å². The number of alkyl halides is 12. The van der Waals surface area contributed by atoms with E-state index in [4.69, 9.17) is 9.47 Å². The lowest BCUT2D eigenvalue weighted by molar-refractivity contribution is -0.138. The maximum absolute atomic E-state index is 13.8. The molecule has 6 aromatic carbocycles. The van der Waals surface area contributed by atoms with Crippen molar-refractivity contribution in [2.24, 2.45) is 0 Å². The summed E-state index contributed by atoms with van der Waals surface area (Å²) >= 11 is 7.21. The molecule has 0 bridgehead atoms. The third kappa shape index (κ3) is 9.52. The highest BCUT2D eigenvalue weighted by molar-refractivity contribution is 9.11. The lowest BCUT2D eigenvalue weighted by Gasteiger charge is -2.30. The van der Waals surface area contributed by atoms with Gasteiger partial charge in [-0.2, -0.15) is 52.7 Å². The van der Waals surface area contributed by atoms with Crippen LogP contribution in [0.3, 0.4) is 0 Å². The average Bonchev–Trinajstić information content (AvgIpc) is 3.18. The monoisotopic (exact) mass is 1010 g/mol. The van der Waals surface area contributed by atoms with Crippen LogP contribution < -0.4 is 41.3 Å². The van der Waals surface area contributed by atoms with Crippen LogP contribution in [0.4, 0.5) is 52.7 Å². The molecule has 0 aromatic heterocycles. The van der Waals surface area contributed by atoms with Gasteiger partial charge in [0.05, 0.1) is 36.5 Å². The van der Waals surface area contributed by atoms with Gasteiger partial charge in [-0.1, -0.05) is 80.4 Å². The van der Waals surface area contributed by atoms with Gasteiger partial charge >= 0.3 is 24.7 Å². The van der Waals surface area contributed by atoms with Gasteiger partial charge in [0.15, 0.2) is 0 Å². The fraction of sp³-hybridized carbons (Fsp3) is 0.143. The van der Waals surface area contributed by atoms with Gasteiger partial charge < -0.3 is 9.47 Å². The molecule has 18 heteroatoms. The van der Waals surface area contributed by atoms with E-state index in [1.807, 2.05) is 0 Å². The summed E-state index contributed by atoms with van der Waals surface area (Å²) in [4.78, 5) is 0. The number of ether oxygens (including phenoxy) is 2. The Bertz CT molecular complexity index is 2180. The van der Waals surface area contributed by atoms with E-state index >= 15 is 0 Å². The molecule has 6 aromatic rings. The average molecular weight is 1010 g/mol. The Balaban J connectivity index is 1.73. The second kappa shape index (κ2) is 17.3. The molecular weight excluding hydrogens is 986 g/mol. The number of hydrogen-bond donors (Lipinski definition) is 0. The molecule has 0 saturated heterocycles. The standard InChI is InChI=1S/C42H26Br2F12O2P2/c1-57-33-21-19-31(43)37(59(27-11-3-23(4-12-27)39(45,46)47)28-13-5-24(6-14-28)40(48,49)50)35(33)36-34(58-2)22-20-32(44)38(36)60(29-15-7-25(8-16-29)41(51,52)53)30-17-9-26(10-18-30)42(54,55)56/h3-22H,1-2H3. The van der Waals surface area contributed by atoms with Gasteiger partial charge in [0.2, 0.25) is 0 Å². The lowest BCUT2D eigenvalue weighted by Crippen LogP contribution is -2.28. The quantitative estimate of drug-likeness (QED) is 0.106. The predicted octanol–water partition coefficient (Wildman–Crippen LogP) is 12.5. The summed E-state index contributed by atoms with van der Waals surface area (Å²) < 4.78 is 178. The first-order valence-electron chi connectivity index (χ1n) is 17.1. The maximum Gasteiger partial charge on any atom is 0.416 e. The van der Waals surface area contributed by atoms with E-state index in [0.717, 1.165) is 48.5 Å². The fourth-order valence-corrected chi connectivity index (χ4v) is 13.0. The van der Waals surface area contributed by atoms with E-state index in [-0.39, 0.29) is 43.8 Å². The van der Waals surface area contributed by atoms with Crippen LogP contribution in [0.2, 0.25) is 0 Å². The molecular formula is C42H26Br2F12O2P2. The molecule has 0 spiro atoms. The highest BCUT2D eigenvalue weighted by atomic mass is 79.9. The summed E-state index contributed by atoms with van der Waals surface area (Å²) in [6.07, 6.45) is -18.9. The minimum atomic E-state index is -4.72. The first kappa shape index (κ1) is 45.4. The minimum Gasteiger partial charge on any atom is -0.496 e. The summed E-state index contributed by atoms with van der Waals surface area (Å²) in [6.45, 7) is 0. The number of hydrogen-bond acceptors (Lipinski definition) is 2. The maximum atomic E-state index is 13.8. The first-order chi connectivity index (χ1) is 28.0. The number of methoxy groups -OCH3 is 2. The number of benzene rings is 6. The van der Waals surface area contributed by atoms with Crippen LogP contribution in [0.5, 0.6) is 11.5 Å². The van der Waals surface area contributed by atoms with Crippen molar-refractivity contribution in [3.63, 3.8) is 0 Å². The number of rotatable bonds is 9. The number of halogens is 14. The van der Waals surface area contributed by atoms with Crippen molar-refractivity contribution in [3.05, 3.63) is 153 Å². The highest BCUT2D eigenvalue weighted by Gasteiger charge is 2.37. The van der Waals surface area contributed by atoms with Crippen molar-refractivity contribution >= 4 is 79.5 Å². The van der Waals surface area contributed by atoms with Crippen molar-refractivity contribution in [3.8, 4) is 22.6 Å². The van der Waals surface area contributed by atoms with Gasteiger partial charge in [-0.15, -0.1) is 0 Å². The fourth-order valence-electron chi connectivity index (χ4n) is 6.37. The third-order valence-corrected chi connectivity index (χ3v) is 16.1. The van der Waals surface area contributed by atoms with Crippen molar-refractivity contribution in [2.75, 3.05) is 14.2 Å². The Kier molecular flexibility index (Phi) is 13.1. The van der Waals surface area contributed by atoms with Gasteiger partial charge in [0.25, 0.3) is 0 Å². The second-order valence-corrected chi connectivity index (χ2v) is 18.8. The van der Waals surface area contributed by atoms with Crippen LogP contribution in [-0.4, -0.2) is 14.2 Å². The van der Waals surface area contributed by atoms with Gasteiger partial charge in [0.1, 0.15) is 11.5 Å². The molecule has 0 fully saturated rings. The van der Waals surface area contributed by atoms with E-state index in [9.17, 15) is 52.7 Å². The van der Waals surface area contributed by atoms with Crippen molar-refractivity contribution < 1.29 is 62.2 Å². The van der Waals surface area contributed by atoms with Gasteiger partial charge in [-0.25, -0.2) is 0 Å². The second-order valence-electron chi connectivity index (χ2n) is 12.8. The van der Waals surface area contributed by atoms with E-state index < -0.39 is 62.8 Å². The summed E-state index contributed by atoms with van der Waals surface area (Å²) in [6, 6.07) is 22.8. The molecule has 0 amide bonds. The Morgan fingerprint density at radius 2 is 0.567 bits per heavy atom. The van der Waals surface area contributed by atoms with Crippen LogP contribution >= 0.6 is 47.7 Å². The largest absolute Gasteiger partial charge is 0.496 e. The molecule has 0 N–H and O–H groups in total. The third-order valence-electron chi connectivity index (χ3n) is 9.13. The molecule has 0 heterocycles. The molecule has 0 saturated carbocycles. The summed E-state index contributed by atoms with van der Waals surface area (Å²) in [7, 11) is -1.56. The highest BCUT2D eigenvalue weighted by Crippen LogP contribution is 2.50. The first-order valence-corrected chi connectivity index (χ1v) is 21.3. The molecule has 0 unspecified atom stereocenters. The molecule has 314 valence electrons. The van der Waals surface area contributed by atoms with Gasteiger partial charge in [-0.3, -0.25) is 0 Å². The molecule has 0 aliphatic rings. The topological polar surface area (TPSA) is 18.5 Å². The van der Waals surface area contributed by atoms with Gasteiger partial charge in [-0.05, 0) is 110 Å². The van der Waals surface area contributed by atoms with Crippen LogP contribution in [0.15, 0.2) is 130 Å². The van der Waals surface area contributed by atoms with E-state index in [1.54, 1.807) is 24.3 Å². The Hall–Kier alpha value is -4.10. The summed E-state index contributed by atoms with van der Waals surface area (Å²) in [5.41, 5.74) is -3.45. The van der Waals surface area contributed by atoms with Gasteiger partial charge in [0, 0.05) is 30.7 Å². The zero-order valence-electron chi connectivity index (χ0n) is 30.5. The minimum absolute atomic E-state index is 0.145. The van der Waals surface area contributed by atoms with E-state index in [1.165, 1.54) is 62.8 Å². The molecule has 0 atom stereocenters. The van der Waals surface area contributed by atoms with Crippen LogP contribution in [0.25, 0.3) is 11.1 Å². The van der Waals surface area contributed by atoms with E-state index in [0.29, 0.717) is 19.6 Å². The van der Waals surface area contributed by atoms with Crippen LogP contribution in [-0.2, 0) is 24.7 Å². The zero-order chi connectivity index (χ0) is 43.9.